The van der Waals surface area contributed by atoms with Gasteiger partial charge >= 0.3 is 12.0 Å². The highest BCUT2D eigenvalue weighted by Crippen LogP contribution is 2.21. The highest BCUT2D eigenvalue weighted by Gasteiger charge is 2.30. The van der Waals surface area contributed by atoms with Gasteiger partial charge in [-0.25, -0.2) is 9.18 Å². The van der Waals surface area contributed by atoms with Crippen LogP contribution in [-0.4, -0.2) is 34.6 Å². The number of nitrogens with one attached hydrogen (secondary N) is 1. The minimum absolute atomic E-state index is 0.0294. The summed E-state index contributed by atoms with van der Waals surface area (Å²) in [5, 5.41) is 11.7. The van der Waals surface area contributed by atoms with Gasteiger partial charge in [0, 0.05) is 12.6 Å². The van der Waals surface area contributed by atoms with Crippen molar-refractivity contribution in [3.8, 4) is 0 Å². The first-order valence-electron chi connectivity index (χ1n) is 7.01. The third-order valence-corrected chi connectivity index (χ3v) is 3.76. The molecule has 0 saturated carbocycles. The molecule has 1 saturated heterocycles. The van der Waals surface area contributed by atoms with Crippen LogP contribution in [0.15, 0.2) is 24.3 Å². The van der Waals surface area contributed by atoms with Crippen molar-refractivity contribution in [3.05, 3.63) is 35.6 Å². The summed E-state index contributed by atoms with van der Waals surface area (Å²) in [5.41, 5.74) is 0.804. The number of carboxylic acids is 1. The summed E-state index contributed by atoms with van der Waals surface area (Å²) in [6, 6.07) is 5.17. The summed E-state index contributed by atoms with van der Waals surface area (Å²) in [6.45, 7) is 2.38. The third kappa shape index (κ3) is 3.93. The van der Waals surface area contributed by atoms with Crippen molar-refractivity contribution in [2.75, 3.05) is 6.54 Å². The standard InChI is InChI=1S/C15H19FN2O3/c1-10(11-4-6-12(16)7-5-11)17-15(21)18-8-2-3-13(18)9-14(19)20/h4-7,10,13H,2-3,8-9H2,1H3,(H,17,21)(H,19,20). The summed E-state index contributed by atoms with van der Waals surface area (Å²) in [5.74, 6) is -1.22. The molecule has 0 radical (unpaired) electrons. The van der Waals surface area contributed by atoms with E-state index in [2.05, 4.69) is 5.32 Å². The molecule has 1 aromatic carbocycles. The molecule has 2 atom stereocenters. The summed E-state index contributed by atoms with van der Waals surface area (Å²) < 4.78 is 12.9. The molecule has 0 aromatic heterocycles. The van der Waals surface area contributed by atoms with Crippen LogP contribution >= 0.6 is 0 Å². The maximum absolute atomic E-state index is 12.9. The van der Waals surface area contributed by atoms with Crippen molar-refractivity contribution >= 4 is 12.0 Å². The van der Waals surface area contributed by atoms with E-state index in [0.29, 0.717) is 13.0 Å². The summed E-state index contributed by atoms with van der Waals surface area (Å²) in [4.78, 5) is 24.6. The topological polar surface area (TPSA) is 69.6 Å². The van der Waals surface area contributed by atoms with Gasteiger partial charge in [0.05, 0.1) is 12.5 Å². The molecule has 1 aliphatic rings. The van der Waals surface area contributed by atoms with E-state index in [0.717, 1.165) is 12.0 Å². The Morgan fingerprint density at radius 3 is 2.71 bits per heavy atom. The largest absolute Gasteiger partial charge is 0.481 e. The zero-order chi connectivity index (χ0) is 15.4. The number of carboxylic acid groups (broad SMARTS) is 1. The minimum Gasteiger partial charge on any atom is -0.481 e. The average molecular weight is 294 g/mol. The van der Waals surface area contributed by atoms with Crippen LogP contribution in [0, 0.1) is 5.82 Å². The Kier molecular flexibility index (Phi) is 4.77. The second kappa shape index (κ2) is 6.56. The maximum atomic E-state index is 12.9. The summed E-state index contributed by atoms with van der Waals surface area (Å²) in [7, 11) is 0. The van der Waals surface area contributed by atoms with Crippen LogP contribution in [0.2, 0.25) is 0 Å². The van der Waals surface area contributed by atoms with Gasteiger partial charge in [0.1, 0.15) is 5.82 Å². The fourth-order valence-electron chi connectivity index (χ4n) is 2.62. The molecule has 0 spiro atoms. The second-order valence-corrected chi connectivity index (χ2v) is 5.31. The predicted octanol–water partition coefficient (Wildman–Crippen LogP) is 2.54. The number of hydrogen-bond acceptors (Lipinski definition) is 2. The van der Waals surface area contributed by atoms with E-state index in [1.54, 1.807) is 17.0 Å². The monoisotopic (exact) mass is 294 g/mol. The molecule has 6 heteroatoms. The number of urea groups is 1. The highest BCUT2D eigenvalue weighted by molar-refractivity contribution is 5.76. The van der Waals surface area contributed by atoms with Gasteiger partial charge in [-0.3, -0.25) is 4.79 Å². The van der Waals surface area contributed by atoms with Crippen LogP contribution in [0.3, 0.4) is 0 Å². The van der Waals surface area contributed by atoms with Gasteiger partial charge in [0.15, 0.2) is 0 Å². The Balaban J connectivity index is 1.96. The van der Waals surface area contributed by atoms with Gasteiger partial charge in [0.25, 0.3) is 0 Å². The minimum atomic E-state index is -0.897. The smallest absolute Gasteiger partial charge is 0.318 e. The van der Waals surface area contributed by atoms with Crippen molar-refractivity contribution in [3.63, 3.8) is 0 Å². The Hall–Kier alpha value is -2.11. The van der Waals surface area contributed by atoms with Crippen molar-refractivity contribution in [1.82, 2.24) is 10.2 Å². The summed E-state index contributed by atoms with van der Waals surface area (Å²) in [6.07, 6.45) is 1.50. The second-order valence-electron chi connectivity index (χ2n) is 5.31. The van der Waals surface area contributed by atoms with Gasteiger partial charge in [-0.2, -0.15) is 0 Å². The van der Waals surface area contributed by atoms with Crippen LogP contribution < -0.4 is 5.32 Å². The van der Waals surface area contributed by atoms with Crippen molar-refractivity contribution in [2.45, 2.75) is 38.3 Å². The predicted molar refractivity (Wildman–Crippen MR) is 75.3 cm³/mol. The van der Waals surface area contributed by atoms with E-state index in [1.807, 2.05) is 6.92 Å². The van der Waals surface area contributed by atoms with Crippen LogP contribution in [0.25, 0.3) is 0 Å². The van der Waals surface area contributed by atoms with Crippen molar-refractivity contribution in [2.24, 2.45) is 0 Å². The Bertz CT molecular complexity index is 518. The van der Waals surface area contributed by atoms with Crippen molar-refractivity contribution in [1.29, 1.82) is 0 Å². The molecular formula is C15H19FN2O3. The quantitative estimate of drug-likeness (QED) is 0.896. The van der Waals surface area contributed by atoms with E-state index in [9.17, 15) is 14.0 Å². The maximum Gasteiger partial charge on any atom is 0.318 e. The zero-order valence-corrected chi connectivity index (χ0v) is 11.9. The molecule has 21 heavy (non-hydrogen) atoms. The van der Waals surface area contributed by atoms with E-state index in [1.165, 1.54) is 12.1 Å². The molecule has 2 unspecified atom stereocenters. The first-order valence-corrected chi connectivity index (χ1v) is 7.01. The third-order valence-electron chi connectivity index (χ3n) is 3.76. The number of amides is 2. The van der Waals surface area contributed by atoms with Gasteiger partial charge in [-0.1, -0.05) is 12.1 Å². The lowest BCUT2D eigenvalue weighted by molar-refractivity contribution is -0.137. The number of carbonyl (C=O) groups excluding carboxylic acids is 1. The fourth-order valence-corrected chi connectivity index (χ4v) is 2.62. The van der Waals surface area contributed by atoms with Crippen LogP contribution in [0.5, 0.6) is 0 Å². The van der Waals surface area contributed by atoms with E-state index >= 15 is 0 Å². The number of nitrogens with zero attached hydrogens (tertiary/aromatic N) is 1. The zero-order valence-electron chi connectivity index (χ0n) is 11.9. The Labute approximate surface area is 122 Å². The van der Waals surface area contributed by atoms with Gasteiger partial charge in [-0.15, -0.1) is 0 Å². The van der Waals surface area contributed by atoms with Crippen LogP contribution in [0.1, 0.15) is 37.8 Å². The van der Waals surface area contributed by atoms with Crippen LogP contribution in [0.4, 0.5) is 9.18 Å². The summed E-state index contributed by atoms with van der Waals surface area (Å²) >= 11 is 0. The number of hydrogen-bond donors (Lipinski definition) is 2. The van der Waals surface area contributed by atoms with E-state index < -0.39 is 5.97 Å². The molecule has 2 rings (SSSR count). The highest BCUT2D eigenvalue weighted by atomic mass is 19.1. The van der Waals surface area contributed by atoms with Gasteiger partial charge in [0.2, 0.25) is 0 Å². The Morgan fingerprint density at radius 1 is 1.43 bits per heavy atom. The molecule has 2 N–H and O–H groups in total. The average Bonchev–Trinajstić information content (AvgIpc) is 2.86. The number of aliphatic carboxylic acids is 1. The number of carbonyl (C=O) groups is 2. The lowest BCUT2D eigenvalue weighted by Crippen LogP contribution is -2.44. The van der Waals surface area contributed by atoms with Crippen molar-refractivity contribution < 1.29 is 19.1 Å². The molecule has 2 amide bonds. The number of halogens is 1. The first-order chi connectivity index (χ1) is 9.97. The van der Waals surface area contributed by atoms with E-state index in [-0.39, 0.29) is 30.4 Å². The molecule has 1 fully saturated rings. The molecule has 1 aromatic rings. The number of rotatable bonds is 4. The van der Waals surface area contributed by atoms with Gasteiger partial charge < -0.3 is 15.3 Å². The first kappa shape index (κ1) is 15.3. The SMILES string of the molecule is CC(NC(=O)N1CCCC1CC(=O)O)c1ccc(F)cc1. The fraction of sp³-hybridized carbons (Fsp3) is 0.467. The normalized spacial score (nSPS) is 19.3. The number of benzene rings is 1. The van der Waals surface area contributed by atoms with Gasteiger partial charge in [-0.05, 0) is 37.5 Å². The molecule has 114 valence electrons. The molecule has 0 aliphatic carbocycles. The lowest BCUT2D eigenvalue weighted by atomic mass is 10.1. The lowest BCUT2D eigenvalue weighted by Gasteiger charge is -2.26. The molecule has 1 heterocycles. The molecular weight excluding hydrogens is 275 g/mol. The molecule has 0 bridgehead atoms. The van der Waals surface area contributed by atoms with E-state index in [4.69, 9.17) is 5.11 Å². The molecule has 1 aliphatic heterocycles. The Morgan fingerprint density at radius 2 is 2.10 bits per heavy atom. The number of likely N-dealkylation sites (tertiary alicyclic amines) is 1. The molecule has 5 nitrogen and oxygen atoms in total. The van der Waals surface area contributed by atoms with Crippen LogP contribution in [-0.2, 0) is 4.79 Å².